The maximum atomic E-state index is 2.82. The normalized spacial score (nSPS) is 19.4. The second kappa shape index (κ2) is 16.6. The summed E-state index contributed by atoms with van der Waals surface area (Å²) >= 11 is -3.64. The Morgan fingerprint density at radius 2 is 0.875 bits per heavy atom. The van der Waals surface area contributed by atoms with Crippen LogP contribution < -0.4 is 10.4 Å². The zero-order valence-electron chi connectivity index (χ0n) is 37.2. The van der Waals surface area contributed by atoms with Crippen molar-refractivity contribution in [2.24, 2.45) is 0 Å². The molecule has 0 saturated carbocycles. The fraction of sp³-hybridized carbons (Fsp3) is 0.481. The molecule has 2 heteroatoms. The van der Waals surface area contributed by atoms with E-state index in [1.165, 1.54) is 34.0 Å². The molecule has 0 radical (unpaired) electrons. The van der Waals surface area contributed by atoms with E-state index in [2.05, 4.69) is 168 Å². The van der Waals surface area contributed by atoms with E-state index in [0.29, 0.717) is 31.0 Å². The van der Waals surface area contributed by atoms with Crippen LogP contribution in [0.25, 0.3) is 10.4 Å². The Morgan fingerprint density at radius 3 is 1.18 bits per heavy atom. The van der Waals surface area contributed by atoms with Crippen LogP contribution in [0.1, 0.15) is 197 Å². The molecule has 0 fully saturated rings. The van der Waals surface area contributed by atoms with Gasteiger partial charge in [0.1, 0.15) is 0 Å². The van der Waals surface area contributed by atoms with Crippen molar-refractivity contribution in [3.05, 3.63) is 141 Å². The molecule has 4 aromatic carbocycles. The van der Waals surface area contributed by atoms with Crippen LogP contribution >= 0.6 is 0 Å². The molecule has 0 saturated heterocycles. The standard InChI is InChI=1S/C46H54Si.2C4H9.Hf/c1-11-33-23-37-25-35(29(3)4)27-41(31(7)8)43(37)45(33)47(39-19-15-13-16-20-39,40-21-17-14-18-22-40)46-34(12-2)24-38-26-36(30(5)6)28-42(32(9)10)44(38)46;2*1-3-4-2;/h13-32H,11-12H2,1-10H3;2*1,3-4H2,2H3;. The Labute approximate surface area is 348 Å². The summed E-state index contributed by atoms with van der Waals surface area (Å²) in [7, 11) is -2.94. The Hall–Kier alpha value is -2.55. The fourth-order valence-corrected chi connectivity index (χ4v) is 46.3. The third kappa shape index (κ3) is 6.36. The number of allylic oxidation sites excluding steroid dienone is 2. The molecule has 56 heavy (non-hydrogen) atoms. The minimum absolute atomic E-state index is 0.453. The van der Waals surface area contributed by atoms with Gasteiger partial charge in [-0.2, -0.15) is 0 Å². The number of hydrogen-bond acceptors (Lipinski definition) is 0. The van der Waals surface area contributed by atoms with Crippen LogP contribution in [-0.2, 0) is 20.0 Å². The topological polar surface area (TPSA) is 0 Å². The molecule has 2 unspecified atom stereocenters. The van der Waals surface area contributed by atoms with Crippen LogP contribution in [0, 0.1) is 0 Å². The number of rotatable bonds is 14. The van der Waals surface area contributed by atoms with E-state index >= 15 is 0 Å². The quantitative estimate of drug-likeness (QED) is 0.111. The third-order valence-electron chi connectivity index (χ3n) is 14.5. The van der Waals surface area contributed by atoms with Gasteiger partial charge in [0.25, 0.3) is 0 Å². The van der Waals surface area contributed by atoms with Crippen molar-refractivity contribution in [2.45, 2.75) is 161 Å². The van der Waals surface area contributed by atoms with Crippen LogP contribution in [0.3, 0.4) is 0 Å². The van der Waals surface area contributed by atoms with Crippen LogP contribution in [0.2, 0.25) is 8.35 Å². The first-order chi connectivity index (χ1) is 26.9. The van der Waals surface area contributed by atoms with E-state index in [-0.39, 0.29) is 0 Å². The van der Waals surface area contributed by atoms with Crippen LogP contribution in [-0.4, -0.2) is 8.07 Å². The van der Waals surface area contributed by atoms with Crippen molar-refractivity contribution in [2.75, 3.05) is 0 Å². The molecule has 4 bridgehead atoms. The van der Waals surface area contributed by atoms with Gasteiger partial charge >= 0.3 is 350 Å². The first-order valence-electron chi connectivity index (χ1n) is 22.9. The van der Waals surface area contributed by atoms with Crippen molar-refractivity contribution in [1.29, 1.82) is 0 Å². The van der Waals surface area contributed by atoms with Gasteiger partial charge in [-0.1, -0.05) is 0 Å². The van der Waals surface area contributed by atoms with Crippen LogP contribution in [0.4, 0.5) is 0 Å². The van der Waals surface area contributed by atoms with Gasteiger partial charge in [-0.25, -0.2) is 0 Å². The molecule has 296 valence electrons. The van der Waals surface area contributed by atoms with E-state index in [1.54, 1.807) is 54.9 Å². The van der Waals surface area contributed by atoms with E-state index in [4.69, 9.17) is 0 Å². The molecule has 7 rings (SSSR count). The van der Waals surface area contributed by atoms with Crippen molar-refractivity contribution in [3.8, 4) is 0 Å². The minimum atomic E-state index is -3.64. The zero-order chi connectivity index (χ0) is 40.1. The molecule has 2 atom stereocenters. The average molecular weight is 928 g/mol. The second-order valence-electron chi connectivity index (χ2n) is 19.1. The summed E-state index contributed by atoms with van der Waals surface area (Å²) in [6, 6.07) is 35.3. The Balaban J connectivity index is 1.84. The monoisotopic (exact) mass is 928 g/mol. The molecule has 0 aromatic heterocycles. The number of hydrogen-bond donors (Lipinski definition) is 0. The molecule has 0 N–H and O–H groups in total. The number of benzene rings is 4. The van der Waals surface area contributed by atoms with Crippen LogP contribution in [0.5, 0.6) is 0 Å². The Kier molecular flexibility index (Phi) is 12.3. The van der Waals surface area contributed by atoms with Gasteiger partial charge in [0, 0.05) is 0 Å². The predicted molar refractivity (Wildman–Crippen MR) is 246 cm³/mol. The molecule has 2 aliphatic carbocycles. The molecular formula is C54H72HfSi. The summed E-state index contributed by atoms with van der Waals surface area (Å²) in [4.78, 5) is 0. The van der Waals surface area contributed by atoms with Gasteiger partial charge in [-0.3, -0.25) is 0 Å². The van der Waals surface area contributed by atoms with E-state index in [0.717, 1.165) is 12.8 Å². The average Bonchev–Trinajstić information content (AvgIpc) is 3.73. The SMILES string of the molecule is CCC[CH2][Hf]1([CH2]CCC)[CH]2C(CC)=C(c3c(C(C)C)cc(C(C)C)cc32)[Si](c2ccccc2)(c2ccccc2)C2=C(CC)[CH]1c1cc(C(C)C)cc(C(C)C)c12. The maximum absolute atomic E-state index is 3.64. The first kappa shape index (κ1) is 41.6. The van der Waals surface area contributed by atoms with Gasteiger partial charge in [0.15, 0.2) is 0 Å². The van der Waals surface area contributed by atoms with Gasteiger partial charge in [-0.05, 0) is 0 Å². The molecule has 3 aliphatic rings. The molecule has 0 spiro atoms. The summed E-state index contributed by atoms with van der Waals surface area (Å²) < 4.78 is 4.25. The molecule has 0 nitrogen and oxygen atoms in total. The molecule has 1 heterocycles. The Morgan fingerprint density at radius 1 is 0.500 bits per heavy atom. The van der Waals surface area contributed by atoms with Crippen molar-refractivity contribution >= 4 is 28.8 Å². The third-order valence-corrected chi connectivity index (χ3v) is 41.8. The van der Waals surface area contributed by atoms with Crippen molar-refractivity contribution < 1.29 is 20.0 Å². The Bertz CT molecular complexity index is 1960. The molecule has 0 amide bonds. The molecule has 1 aliphatic heterocycles. The number of fused-ring (bicyclic) bond motifs is 8. The van der Waals surface area contributed by atoms with Gasteiger partial charge in [-0.15, -0.1) is 0 Å². The fourth-order valence-electron chi connectivity index (χ4n) is 12.1. The zero-order valence-corrected chi connectivity index (χ0v) is 41.8. The van der Waals surface area contributed by atoms with E-state index < -0.39 is 28.0 Å². The van der Waals surface area contributed by atoms with Crippen LogP contribution in [0.15, 0.2) is 96.1 Å². The van der Waals surface area contributed by atoms with E-state index in [9.17, 15) is 0 Å². The van der Waals surface area contributed by atoms with Gasteiger partial charge in [0.2, 0.25) is 0 Å². The number of unbranched alkanes of at least 4 members (excludes halogenated alkanes) is 2. The van der Waals surface area contributed by atoms with Crippen molar-refractivity contribution in [3.63, 3.8) is 0 Å². The second-order valence-corrected chi connectivity index (χ2v) is 39.3. The van der Waals surface area contributed by atoms with Crippen molar-refractivity contribution in [1.82, 2.24) is 0 Å². The van der Waals surface area contributed by atoms with E-state index in [1.807, 2.05) is 21.5 Å². The summed E-state index contributed by atoms with van der Waals surface area (Å²) in [5, 5.41) is 6.82. The predicted octanol–water partition coefficient (Wildman–Crippen LogP) is 15.3. The molecule has 4 aromatic rings. The summed E-state index contributed by atoms with van der Waals surface area (Å²) in [6.07, 6.45) is 7.66. The van der Waals surface area contributed by atoms with Gasteiger partial charge < -0.3 is 0 Å². The summed E-state index contributed by atoms with van der Waals surface area (Å²) in [5.74, 6) is 1.92. The first-order valence-corrected chi connectivity index (χ1v) is 34.1. The van der Waals surface area contributed by atoms with Gasteiger partial charge in [0.05, 0.1) is 0 Å². The summed E-state index contributed by atoms with van der Waals surface area (Å²) in [5.41, 5.74) is 17.2. The molecular weight excluding hydrogens is 855 g/mol. The summed E-state index contributed by atoms with van der Waals surface area (Å²) in [6.45, 7) is 29.9.